The van der Waals surface area contributed by atoms with E-state index in [9.17, 15) is 14.0 Å². The lowest BCUT2D eigenvalue weighted by atomic mass is 10.1. The highest BCUT2D eigenvalue weighted by atomic mass is 35.5. The van der Waals surface area contributed by atoms with Crippen LogP contribution in [-0.2, 0) is 26.7 Å². The number of nitrogens with zero attached hydrogens (tertiary/aromatic N) is 5. The predicted molar refractivity (Wildman–Crippen MR) is 155 cm³/mol. The Balaban J connectivity index is 0.00000172. The van der Waals surface area contributed by atoms with Gasteiger partial charge in [0.15, 0.2) is 5.69 Å². The summed E-state index contributed by atoms with van der Waals surface area (Å²) in [4.78, 5) is 41.5. The number of aryl methyl sites for hydroxylation is 1. The molecule has 0 aliphatic carbocycles. The lowest BCUT2D eigenvalue weighted by molar-refractivity contribution is 0.0980. The van der Waals surface area contributed by atoms with Gasteiger partial charge in [0.25, 0.3) is 11.5 Å². The van der Waals surface area contributed by atoms with Crippen molar-refractivity contribution in [2.75, 3.05) is 16.5 Å². The molecule has 0 fully saturated rings. The van der Waals surface area contributed by atoms with Crippen LogP contribution < -0.4 is 20.5 Å². The molecule has 4 heterocycles. The molecule has 0 unspecified atom stereocenters. The van der Waals surface area contributed by atoms with Gasteiger partial charge in [-0.25, -0.2) is 14.4 Å². The van der Waals surface area contributed by atoms with Crippen LogP contribution in [0.3, 0.4) is 0 Å². The summed E-state index contributed by atoms with van der Waals surface area (Å²) in [6.45, 7) is 6.95. The summed E-state index contributed by atoms with van der Waals surface area (Å²) in [5.41, 5.74) is 3.92. The van der Waals surface area contributed by atoms with Gasteiger partial charge >= 0.3 is 0 Å². The van der Waals surface area contributed by atoms with Crippen molar-refractivity contribution >= 4 is 52.0 Å². The summed E-state index contributed by atoms with van der Waals surface area (Å²) in [7, 11) is 1.68. The van der Waals surface area contributed by atoms with Gasteiger partial charge in [0, 0.05) is 32.1 Å². The van der Waals surface area contributed by atoms with Gasteiger partial charge in [0.2, 0.25) is 5.95 Å². The molecular weight excluding hydrogens is 541 g/mol. The van der Waals surface area contributed by atoms with Gasteiger partial charge in [0.1, 0.15) is 16.5 Å². The molecular formula is C27H29ClFN7O2S. The van der Waals surface area contributed by atoms with E-state index in [-0.39, 0.29) is 34.7 Å². The molecule has 1 aliphatic rings. The van der Waals surface area contributed by atoms with Crippen LogP contribution in [0.2, 0.25) is 5.15 Å². The van der Waals surface area contributed by atoms with E-state index in [1.807, 2.05) is 25.7 Å². The van der Waals surface area contributed by atoms with Gasteiger partial charge in [-0.1, -0.05) is 43.5 Å². The topological polar surface area (TPSA) is 105 Å². The number of hydrogen-bond donors (Lipinski definition) is 2. The number of carbonyl (C=O) groups is 1. The Morgan fingerprint density at radius 1 is 1.10 bits per heavy atom. The Bertz CT molecular complexity index is 1610. The summed E-state index contributed by atoms with van der Waals surface area (Å²) in [5.74, 6) is -0.218. The van der Waals surface area contributed by atoms with Crippen LogP contribution >= 0.6 is 23.5 Å². The monoisotopic (exact) mass is 569 g/mol. The number of carbonyl (C=O) groups excluding carboxylic acids is 1. The lowest BCUT2D eigenvalue weighted by Gasteiger charge is -2.21. The lowest BCUT2D eigenvalue weighted by Crippen LogP contribution is -2.28. The molecule has 0 saturated carbocycles. The Morgan fingerprint density at radius 3 is 2.59 bits per heavy atom. The number of hydrogen-bond acceptors (Lipinski definition) is 8. The minimum absolute atomic E-state index is 0.144. The third-order valence-electron chi connectivity index (χ3n) is 6.13. The minimum Gasteiger partial charge on any atom is -0.377 e. The number of fused-ring (bicyclic) bond motifs is 2. The van der Waals surface area contributed by atoms with E-state index >= 15 is 0 Å². The maximum Gasteiger partial charge on any atom is 0.281 e. The first-order valence-electron chi connectivity index (χ1n) is 12.4. The van der Waals surface area contributed by atoms with Gasteiger partial charge in [-0.3, -0.25) is 23.9 Å². The number of pyridine rings is 2. The fourth-order valence-electron chi connectivity index (χ4n) is 4.45. The van der Waals surface area contributed by atoms with Crippen molar-refractivity contribution in [1.29, 1.82) is 0 Å². The number of amides is 1. The van der Waals surface area contributed by atoms with Gasteiger partial charge in [-0.05, 0) is 48.4 Å². The highest BCUT2D eigenvalue weighted by molar-refractivity contribution is 7.97. The zero-order valence-electron chi connectivity index (χ0n) is 22.3. The highest BCUT2D eigenvalue weighted by Gasteiger charge is 2.25. The van der Waals surface area contributed by atoms with Crippen molar-refractivity contribution < 1.29 is 9.18 Å². The van der Waals surface area contributed by atoms with Crippen LogP contribution in [-0.4, -0.2) is 31.7 Å². The first-order chi connectivity index (χ1) is 18.7. The van der Waals surface area contributed by atoms with Crippen LogP contribution in [0.5, 0.6) is 0 Å². The van der Waals surface area contributed by atoms with E-state index in [4.69, 9.17) is 16.6 Å². The highest BCUT2D eigenvalue weighted by Crippen LogP contribution is 2.28. The first kappa shape index (κ1) is 28.3. The largest absolute Gasteiger partial charge is 0.377 e. The number of nitrogens with one attached hydrogen (secondary N) is 2. The molecule has 0 bridgehead atoms. The Morgan fingerprint density at radius 2 is 1.85 bits per heavy atom. The number of aromatic nitrogens is 4. The van der Waals surface area contributed by atoms with E-state index in [0.717, 1.165) is 23.1 Å². The first-order valence-corrected chi connectivity index (χ1v) is 14.0. The minimum atomic E-state index is -0.390. The van der Waals surface area contributed by atoms with Gasteiger partial charge in [-0.15, -0.1) is 0 Å². The molecule has 1 amide bonds. The summed E-state index contributed by atoms with van der Waals surface area (Å²) in [6, 6.07) is 9.68. The summed E-state index contributed by atoms with van der Waals surface area (Å²) < 4.78 is 17.9. The van der Waals surface area contributed by atoms with E-state index in [1.54, 1.807) is 37.6 Å². The Labute approximate surface area is 235 Å². The zero-order chi connectivity index (χ0) is 28.3. The summed E-state index contributed by atoms with van der Waals surface area (Å²) in [6.07, 6.45) is 1.73. The van der Waals surface area contributed by atoms with Crippen molar-refractivity contribution in [3.63, 3.8) is 0 Å². The van der Waals surface area contributed by atoms with E-state index in [2.05, 4.69) is 20.0 Å². The molecule has 0 radical (unpaired) electrons. The SMILES string of the molecule is CC.CSNC(=O)c1nc(Cl)ccc1NCc1nc(C)cc2c(=O)n(C)c(N3Cc4ccc(F)cc4C3)nc12. The van der Waals surface area contributed by atoms with Crippen LogP contribution in [0.15, 0.2) is 41.2 Å². The van der Waals surface area contributed by atoms with Crippen molar-refractivity contribution in [1.82, 2.24) is 24.2 Å². The molecule has 39 heavy (non-hydrogen) atoms. The number of anilines is 2. The maximum absolute atomic E-state index is 13.8. The fourth-order valence-corrected chi connectivity index (χ4v) is 4.88. The predicted octanol–water partition coefficient (Wildman–Crippen LogP) is 4.99. The second-order valence-corrected chi connectivity index (χ2v) is 9.67. The quantitative estimate of drug-likeness (QED) is 0.247. The molecule has 1 aliphatic heterocycles. The second-order valence-electron chi connectivity index (χ2n) is 8.67. The zero-order valence-corrected chi connectivity index (χ0v) is 23.9. The molecule has 12 heteroatoms. The molecule has 4 aromatic rings. The van der Waals surface area contributed by atoms with Crippen LogP contribution in [0.1, 0.15) is 46.9 Å². The number of rotatable bonds is 6. The maximum atomic E-state index is 13.8. The molecule has 1 aromatic carbocycles. The smallest absolute Gasteiger partial charge is 0.281 e. The van der Waals surface area contributed by atoms with Gasteiger partial charge < -0.3 is 10.2 Å². The Kier molecular flexibility index (Phi) is 8.71. The van der Waals surface area contributed by atoms with E-state index in [1.165, 1.54) is 16.7 Å². The molecule has 0 atom stereocenters. The normalized spacial score (nSPS) is 12.1. The average Bonchev–Trinajstić information content (AvgIpc) is 3.34. The average molecular weight is 570 g/mol. The third-order valence-corrected chi connectivity index (χ3v) is 6.73. The molecule has 2 N–H and O–H groups in total. The van der Waals surface area contributed by atoms with Crippen molar-refractivity contribution in [2.45, 2.75) is 40.4 Å². The van der Waals surface area contributed by atoms with Crippen molar-refractivity contribution in [2.24, 2.45) is 7.05 Å². The molecule has 5 rings (SSSR count). The van der Waals surface area contributed by atoms with Gasteiger partial charge in [0.05, 0.1) is 23.3 Å². The van der Waals surface area contributed by atoms with Crippen LogP contribution in [0.25, 0.3) is 10.9 Å². The van der Waals surface area contributed by atoms with Crippen molar-refractivity contribution in [3.8, 4) is 0 Å². The molecule has 0 spiro atoms. The van der Waals surface area contributed by atoms with Gasteiger partial charge in [-0.2, -0.15) is 0 Å². The van der Waals surface area contributed by atoms with Crippen LogP contribution in [0.4, 0.5) is 16.0 Å². The molecule has 3 aromatic heterocycles. The fraction of sp³-hybridized carbons (Fsp3) is 0.296. The summed E-state index contributed by atoms with van der Waals surface area (Å²) >= 11 is 7.18. The second kappa shape index (κ2) is 12.0. The number of halogens is 2. The van der Waals surface area contributed by atoms with E-state index in [0.29, 0.717) is 47.0 Å². The summed E-state index contributed by atoms with van der Waals surface area (Å²) in [5, 5.41) is 3.83. The number of benzene rings is 1. The Hall–Kier alpha value is -3.70. The molecule has 0 saturated heterocycles. The third kappa shape index (κ3) is 5.84. The van der Waals surface area contributed by atoms with E-state index < -0.39 is 0 Å². The molecule has 204 valence electrons. The standard InChI is InChI=1S/C25H23ClFN7O2S.C2H6/c1-13-8-17-21(19(29-13)10-28-18-6-7-20(26)30-22(18)23(35)32-37-3)31-25(33(2)24(17)36)34-11-14-4-5-16(27)9-15(14)12-34;1-2/h4-9,28H,10-12H2,1-3H3,(H,32,35);1-2H3. The van der Waals surface area contributed by atoms with Crippen molar-refractivity contribution in [3.05, 3.63) is 85.9 Å². The van der Waals surface area contributed by atoms with Crippen LogP contribution in [0, 0.1) is 12.7 Å². The molecule has 9 nitrogen and oxygen atoms in total.